The average molecular weight is 344 g/mol. The number of ether oxygens (including phenoxy) is 3. The van der Waals surface area contributed by atoms with Crippen molar-refractivity contribution in [3.05, 3.63) is 28.2 Å². The Morgan fingerprint density at radius 1 is 1.20 bits per heavy atom. The lowest BCUT2D eigenvalue weighted by molar-refractivity contribution is 0.0170. The standard InChI is InChI=1S/C15H22BrNO3/c1-13-2-3-15(14(16)12-13)20-11-10-19-9-6-17-4-7-18-8-5-17/h2-3,12H,4-11H2,1H3. The molecule has 1 saturated heterocycles. The van der Waals surface area contributed by atoms with E-state index in [1.54, 1.807) is 0 Å². The summed E-state index contributed by atoms with van der Waals surface area (Å²) in [6.07, 6.45) is 0. The second-order valence-electron chi connectivity index (χ2n) is 4.85. The molecule has 1 fully saturated rings. The molecule has 0 radical (unpaired) electrons. The van der Waals surface area contributed by atoms with Crippen molar-refractivity contribution in [1.82, 2.24) is 4.90 Å². The predicted octanol–water partition coefficient (Wildman–Crippen LogP) is 2.49. The third-order valence-electron chi connectivity index (χ3n) is 3.23. The van der Waals surface area contributed by atoms with Gasteiger partial charge in [-0.15, -0.1) is 0 Å². The lowest BCUT2D eigenvalue weighted by Crippen LogP contribution is -2.38. The monoisotopic (exact) mass is 343 g/mol. The molecule has 1 aliphatic rings. The summed E-state index contributed by atoms with van der Waals surface area (Å²) < 4.78 is 17.6. The molecule has 0 amide bonds. The van der Waals surface area contributed by atoms with Gasteiger partial charge in [-0.2, -0.15) is 0 Å². The molecule has 0 N–H and O–H groups in total. The highest BCUT2D eigenvalue weighted by Gasteiger charge is 2.09. The fourth-order valence-corrected chi connectivity index (χ4v) is 2.66. The molecule has 0 saturated carbocycles. The van der Waals surface area contributed by atoms with Crippen LogP contribution in [0.15, 0.2) is 22.7 Å². The van der Waals surface area contributed by atoms with Crippen LogP contribution in [-0.4, -0.2) is 57.6 Å². The van der Waals surface area contributed by atoms with Gasteiger partial charge < -0.3 is 14.2 Å². The van der Waals surface area contributed by atoms with Gasteiger partial charge in [0.05, 0.1) is 30.9 Å². The van der Waals surface area contributed by atoms with E-state index in [0.29, 0.717) is 13.2 Å². The SMILES string of the molecule is Cc1ccc(OCCOCCN2CCOCC2)c(Br)c1. The van der Waals surface area contributed by atoms with Crippen LogP contribution in [0.3, 0.4) is 0 Å². The summed E-state index contributed by atoms with van der Waals surface area (Å²) >= 11 is 3.50. The molecule has 0 aliphatic carbocycles. The molecule has 0 bridgehead atoms. The van der Waals surface area contributed by atoms with Gasteiger partial charge in [-0.3, -0.25) is 4.90 Å². The van der Waals surface area contributed by atoms with Crippen molar-refractivity contribution in [3.8, 4) is 5.75 Å². The Labute approximate surface area is 129 Å². The Balaban J connectivity index is 1.55. The molecule has 4 nitrogen and oxygen atoms in total. The summed E-state index contributed by atoms with van der Waals surface area (Å²) in [4.78, 5) is 2.36. The van der Waals surface area contributed by atoms with E-state index in [9.17, 15) is 0 Å². The minimum atomic E-state index is 0.574. The molecule has 1 aromatic rings. The molecule has 1 aromatic carbocycles. The highest BCUT2D eigenvalue weighted by atomic mass is 79.9. The first-order valence-corrected chi connectivity index (χ1v) is 7.82. The Morgan fingerprint density at radius 2 is 2.00 bits per heavy atom. The van der Waals surface area contributed by atoms with E-state index in [1.807, 2.05) is 12.1 Å². The third kappa shape index (κ3) is 5.40. The summed E-state index contributed by atoms with van der Waals surface area (Å²) in [5.41, 5.74) is 1.21. The maximum atomic E-state index is 5.68. The first kappa shape index (κ1) is 15.8. The zero-order chi connectivity index (χ0) is 14.2. The predicted molar refractivity (Wildman–Crippen MR) is 82.5 cm³/mol. The lowest BCUT2D eigenvalue weighted by Gasteiger charge is -2.26. The van der Waals surface area contributed by atoms with E-state index >= 15 is 0 Å². The van der Waals surface area contributed by atoms with Gasteiger partial charge in [0.15, 0.2) is 0 Å². The normalized spacial score (nSPS) is 16.3. The number of benzene rings is 1. The van der Waals surface area contributed by atoms with Gasteiger partial charge in [0, 0.05) is 19.6 Å². The Kier molecular flexibility index (Phi) is 6.79. The molecular weight excluding hydrogens is 322 g/mol. The maximum Gasteiger partial charge on any atom is 0.133 e. The van der Waals surface area contributed by atoms with Gasteiger partial charge in [0.1, 0.15) is 12.4 Å². The van der Waals surface area contributed by atoms with Gasteiger partial charge in [-0.05, 0) is 40.5 Å². The van der Waals surface area contributed by atoms with E-state index in [-0.39, 0.29) is 0 Å². The van der Waals surface area contributed by atoms with Crippen LogP contribution in [0.25, 0.3) is 0 Å². The van der Waals surface area contributed by atoms with Crippen LogP contribution in [0.1, 0.15) is 5.56 Å². The van der Waals surface area contributed by atoms with Crippen molar-refractivity contribution in [2.75, 3.05) is 52.7 Å². The number of hydrogen-bond donors (Lipinski definition) is 0. The highest BCUT2D eigenvalue weighted by molar-refractivity contribution is 9.10. The van der Waals surface area contributed by atoms with E-state index in [4.69, 9.17) is 14.2 Å². The summed E-state index contributed by atoms with van der Waals surface area (Å²) in [6.45, 7) is 8.66. The molecule has 0 atom stereocenters. The Hall–Kier alpha value is -0.620. The molecular formula is C15H22BrNO3. The first-order valence-electron chi connectivity index (χ1n) is 7.02. The minimum Gasteiger partial charge on any atom is -0.490 e. The largest absolute Gasteiger partial charge is 0.490 e. The van der Waals surface area contributed by atoms with E-state index in [2.05, 4.69) is 33.8 Å². The highest BCUT2D eigenvalue weighted by Crippen LogP contribution is 2.25. The molecule has 20 heavy (non-hydrogen) atoms. The average Bonchev–Trinajstić information content (AvgIpc) is 2.46. The van der Waals surface area contributed by atoms with Crippen LogP contribution in [0.2, 0.25) is 0 Å². The number of aryl methyl sites for hydroxylation is 1. The van der Waals surface area contributed by atoms with Gasteiger partial charge >= 0.3 is 0 Å². The molecule has 2 rings (SSSR count). The molecule has 0 unspecified atom stereocenters. The molecule has 1 heterocycles. The number of halogens is 1. The molecule has 0 spiro atoms. The van der Waals surface area contributed by atoms with Gasteiger partial charge in [0.25, 0.3) is 0 Å². The molecule has 5 heteroatoms. The zero-order valence-electron chi connectivity index (χ0n) is 11.9. The number of hydrogen-bond acceptors (Lipinski definition) is 4. The number of rotatable bonds is 7. The van der Waals surface area contributed by atoms with Crippen molar-refractivity contribution < 1.29 is 14.2 Å². The maximum absolute atomic E-state index is 5.68. The van der Waals surface area contributed by atoms with Crippen LogP contribution in [0.5, 0.6) is 5.75 Å². The summed E-state index contributed by atoms with van der Waals surface area (Å²) in [7, 11) is 0. The summed E-state index contributed by atoms with van der Waals surface area (Å²) in [5.74, 6) is 0.868. The molecule has 1 aliphatic heterocycles. The quantitative estimate of drug-likeness (QED) is 0.711. The van der Waals surface area contributed by atoms with Gasteiger partial charge in [0.2, 0.25) is 0 Å². The van der Waals surface area contributed by atoms with E-state index in [0.717, 1.165) is 49.7 Å². The van der Waals surface area contributed by atoms with Crippen LogP contribution >= 0.6 is 15.9 Å². The molecule has 112 valence electrons. The second kappa shape index (κ2) is 8.62. The summed E-state index contributed by atoms with van der Waals surface area (Å²) in [5, 5.41) is 0. The van der Waals surface area contributed by atoms with Gasteiger partial charge in [-0.1, -0.05) is 6.07 Å². The fraction of sp³-hybridized carbons (Fsp3) is 0.600. The summed E-state index contributed by atoms with van der Waals surface area (Å²) in [6, 6.07) is 6.07. The Morgan fingerprint density at radius 3 is 2.75 bits per heavy atom. The van der Waals surface area contributed by atoms with Crippen LogP contribution in [0.4, 0.5) is 0 Å². The van der Waals surface area contributed by atoms with E-state index in [1.165, 1.54) is 5.56 Å². The number of nitrogens with zero attached hydrogens (tertiary/aromatic N) is 1. The third-order valence-corrected chi connectivity index (χ3v) is 3.85. The van der Waals surface area contributed by atoms with Crippen molar-refractivity contribution >= 4 is 15.9 Å². The fourth-order valence-electron chi connectivity index (χ4n) is 2.05. The van der Waals surface area contributed by atoms with Crippen molar-refractivity contribution in [2.24, 2.45) is 0 Å². The van der Waals surface area contributed by atoms with E-state index < -0.39 is 0 Å². The topological polar surface area (TPSA) is 30.9 Å². The van der Waals surface area contributed by atoms with Crippen molar-refractivity contribution in [2.45, 2.75) is 6.92 Å². The van der Waals surface area contributed by atoms with Crippen molar-refractivity contribution in [3.63, 3.8) is 0 Å². The van der Waals surface area contributed by atoms with Crippen LogP contribution in [-0.2, 0) is 9.47 Å². The first-order chi connectivity index (χ1) is 9.75. The van der Waals surface area contributed by atoms with Crippen LogP contribution < -0.4 is 4.74 Å². The number of morpholine rings is 1. The minimum absolute atomic E-state index is 0.574. The molecule has 0 aromatic heterocycles. The zero-order valence-corrected chi connectivity index (χ0v) is 13.5. The smallest absolute Gasteiger partial charge is 0.133 e. The Bertz CT molecular complexity index is 408. The van der Waals surface area contributed by atoms with Crippen LogP contribution in [0, 0.1) is 6.92 Å². The lowest BCUT2D eigenvalue weighted by atomic mass is 10.2. The van der Waals surface area contributed by atoms with Crippen molar-refractivity contribution in [1.29, 1.82) is 0 Å². The second-order valence-corrected chi connectivity index (χ2v) is 5.70. The van der Waals surface area contributed by atoms with Gasteiger partial charge in [-0.25, -0.2) is 0 Å².